The highest BCUT2D eigenvalue weighted by atomic mass is 16.4. The molecule has 5 heteroatoms. The number of nitrogens with zero attached hydrogens (tertiary/aromatic N) is 2. The van der Waals surface area contributed by atoms with Gasteiger partial charge in [0.25, 0.3) is 0 Å². The molecule has 0 aliphatic carbocycles. The summed E-state index contributed by atoms with van der Waals surface area (Å²) >= 11 is 0. The molecule has 2 aromatic carbocycles. The van der Waals surface area contributed by atoms with Crippen molar-refractivity contribution in [2.45, 2.75) is 24.9 Å². The normalized spacial score (nSPS) is 18.6. The zero-order valence-electron chi connectivity index (χ0n) is 14.1. The quantitative estimate of drug-likeness (QED) is 0.627. The second-order valence-corrected chi connectivity index (χ2v) is 6.35. The Balaban J connectivity index is 1.80. The van der Waals surface area contributed by atoms with Crippen molar-refractivity contribution in [3.63, 3.8) is 0 Å². The van der Waals surface area contributed by atoms with E-state index in [2.05, 4.69) is 58.4 Å². The fourth-order valence-corrected chi connectivity index (χ4v) is 3.43. The third-order valence-corrected chi connectivity index (χ3v) is 4.47. The lowest BCUT2D eigenvalue weighted by molar-refractivity contribution is -0.135. The highest BCUT2D eigenvalue weighted by Gasteiger charge is 2.30. The number of nitrogens with two attached hydrogens (primary N) is 1. The second kappa shape index (κ2) is 7.94. The van der Waals surface area contributed by atoms with Gasteiger partial charge in [-0.15, -0.1) is 0 Å². The number of aliphatic carboxylic acids is 1. The third-order valence-electron chi connectivity index (χ3n) is 4.47. The van der Waals surface area contributed by atoms with Crippen molar-refractivity contribution < 1.29 is 9.90 Å². The minimum absolute atomic E-state index is 0.0503. The molecule has 1 fully saturated rings. The summed E-state index contributed by atoms with van der Waals surface area (Å²) in [6.07, 6.45) is 0.688. The Kier molecular flexibility index (Phi) is 5.46. The first-order chi connectivity index (χ1) is 12.1. The summed E-state index contributed by atoms with van der Waals surface area (Å²) < 4.78 is 0. The SMILES string of the molecule is NC(CC(=O)O)=NC1CCN(C(c2ccccc2)c2ccccc2)C1. The highest BCUT2D eigenvalue weighted by Crippen LogP contribution is 2.32. The minimum atomic E-state index is -0.942. The van der Waals surface area contributed by atoms with E-state index in [0.29, 0.717) is 0 Å². The van der Waals surface area contributed by atoms with Gasteiger partial charge in [0, 0.05) is 13.1 Å². The van der Waals surface area contributed by atoms with Crippen LogP contribution < -0.4 is 5.73 Å². The summed E-state index contributed by atoms with van der Waals surface area (Å²) in [5, 5.41) is 8.82. The van der Waals surface area contributed by atoms with Gasteiger partial charge in [0.15, 0.2) is 0 Å². The van der Waals surface area contributed by atoms with Crippen LogP contribution in [-0.4, -0.2) is 40.9 Å². The molecule has 0 aromatic heterocycles. The van der Waals surface area contributed by atoms with Gasteiger partial charge in [0.05, 0.1) is 12.1 Å². The summed E-state index contributed by atoms with van der Waals surface area (Å²) in [5.41, 5.74) is 8.24. The van der Waals surface area contributed by atoms with Crippen LogP contribution in [0.1, 0.15) is 30.0 Å². The van der Waals surface area contributed by atoms with Gasteiger partial charge < -0.3 is 10.8 Å². The molecule has 2 aromatic rings. The van der Waals surface area contributed by atoms with Gasteiger partial charge in [-0.1, -0.05) is 60.7 Å². The van der Waals surface area contributed by atoms with E-state index in [1.54, 1.807) is 0 Å². The van der Waals surface area contributed by atoms with Crippen molar-refractivity contribution in [2.24, 2.45) is 10.7 Å². The van der Waals surface area contributed by atoms with E-state index in [-0.39, 0.29) is 24.3 Å². The fraction of sp³-hybridized carbons (Fsp3) is 0.300. The number of carboxylic acid groups (broad SMARTS) is 1. The third kappa shape index (κ3) is 4.45. The monoisotopic (exact) mass is 337 g/mol. The van der Waals surface area contributed by atoms with Crippen LogP contribution in [-0.2, 0) is 4.79 Å². The van der Waals surface area contributed by atoms with E-state index in [1.807, 2.05) is 12.1 Å². The average Bonchev–Trinajstić information content (AvgIpc) is 3.04. The van der Waals surface area contributed by atoms with E-state index < -0.39 is 5.97 Å². The van der Waals surface area contributed by atoms with E-state index in [1.165, 1.54) is 11.1 Å². The Morgan fingerprint density at radius 3 is 2.20 bits per heavy atom. The smallest absolute Gasteiger partial charge is 0.310 e. The van der Waals surface area contributed by atoms with Gasteiger partial charge in [0.2, 0.25) is 0 Å². The summed E-state index contributed by atoms with van der Waals surface area (Å²) in [4.78, 5) is 17.6. The van der Waals surface area contributed by atoms with Crippen LogP contribution in [0.2, 0.25) is 0 Å². The number of amidine groups is 1. The van der Waals surface area contributed by atoms with E-state index in [9.17, 15) is 4.79 Å². The lowest BCUT2D eigenvalue weighted by Gasteiger charge is -2.28. The molecule has 1 heterocycles. The summed E-state index contributed by atoms with van der Waals surface area (Å²) in [5.74, 6) is -0.738. The van der Waals surface area contributed by atoms with E-state index in [0.717, 1.165) is 19.5 Å². The van der Waals surface area contributed by atoms with Crippen LogP contribution in [0.5, 0.6) is 0 Å². The van der Waals surface area contributed by atoms with Gasteiger partial charge >= 0.3 is 5.97 Å². The molecule has 0 radical (unpaired) electrons. The molecule has 3 N–H and O–H groups in total. The summed E-state index contributed by atoms with van der Waals surface area (Å²) in [7, 11) is 0. The molecule has 0 spiro atoms. The van der Waals surface area contributed by atoms with Crippen molar-refractivity contribution in [3.05, 3.63) is 71.8 Å². The number of carbonyl (C=O) groups is 1. The maximum atomic E-state index is 10.8. The van der Waals surface area contributed by atoms with Crippen molar-refractivity contribution in [1.82, 2.24) is 4.90 Å². The number of hydrogen-bond acceptors (Lipinski definition) is 3. The molecule has 1 aliphatic heterocycles. The lowest BCUT2D eigenvalue weighted by Crippen LogP contribution is -2.29. The summed E-state index contributed by atoms with van der Waals surface area (Å²) in [6.45, 7) is 1.68. The molecule has 0 bridgehead atoms. The molecule has 1 unspecified atom stereocenters. The molecule has 1 atom stereocenters. The fourth-order valence-electron chi connectivity index (χ4n) is 3.43. The second-order valence-electron chi connectivity index (χ2n) is 6.35. The Bertz CT molecular complexity index is 692. The Labute approximate surface area is 147 Å². The van der Waals surface area contributed by atoms with Crippen LogP contribution in [0.15, 0.2) is 65.7 Å². The van der Waals surface area contributed by atoms with Gasteiger partial charge in [-0.25, -0.2) is 0 Å². The first kappa shape index (κ1) is 17.2. The number of rotatable bonds is 6. The number of benzene rings is 2. The van der Waals surface area contributed by atoms with Crippen molar-refractivity contribution >= 4 is 11.8 Å². The predicted molar refractivity (Wildman–Crippen MR) is 98.6 cm³/mol. The molecule has 1 aliphatic rings. The molecular weight excluding hydrogens is 314 g/mol. The standard InChI is InChI=1S/C20H23N3O2/c21-18(13-19(24)25)22-17-11-12-23(14-17)20(15-7-3-1-4-8-15)16-9-5-2-6-10-16/h1-10,17,20H,11-14H2,(H2,21,22)(H,24,25). The molecule has 25 heavy (non-hydrogen) atoms. The Hall–Kier alpha value is -2.66. The van der Waals surface area contributed by atoms with Gasteiger partial charge in [0.1, 0.15) is 12.3 Å². The van der Waals surface area contributed by atoms with Crippen LogP contribution in [0, 0.1) is 0 Å². The van der Waals surface area contributed by atoms with Crippen molar-refractivity contribution in [1.29, 1.82) is 0 Å². The van der Waals surface area contributed by atoms with Crippen LogP contribution in [0.3, 0.4) is 0 Å². The Morgan fingerprint density at radius 2 is 1.68 bits per heavy atom. The van der Waals surface area contributed by atoms with Crippen LogP contribution in [0.4, 0.5) is 0 Å². The molecule has 5 nitrogen and oxygen atoms in total. The zero-order chi connectivity index (χ0) is 17.6. The molecule has 0 amide bonds. The van der Waals surface area contributed by atoms with Gasteiger partial charge in [-0.3, -0.25) is 14.7 Å². The Morgan fingerprint density at radius 1 is 1.12 bits per heavy atom. The molecule has 3 rings (SSSR count). The maximum absolute atomic E-state index is 10.8. The number of likely N-dealkylation sites (tertiary alicyclic amines) is 1. The highest BCUT2D eigenvalue weighted by molar-refractivity contribution is 5.95. The lowest BCUT2D eigenvalue weighted by atomic mass is 9.97. The molecule has 130 valence electrons. The average molecular weight is 337 g/mol. The van der Waals surface area contributed by atoms with Crippen LogP contribution >= 0.6 is 0 Å². The maximum Gasteiger partial charge on any atom is 0.310 e. The van der Waals surface area contributed by atoms with E-state index >= 15 is 0 Å². The zero-order valence-corrected chi connectivity index (χ0v) is 14.1. The van der Waals surface area contributed by atoms with E-state index in [4.69, 9.17) is 10.8 Å². The number of carboxylic acids is 1. The van der Waals surface area contributed by atoms with Crippen LogP contribution in [0.25, 0.3) is 0 Å². The van der Waals surface area contributed by atoms with Gasteiger partial charge in [-0.2, -0.15) is 0 Å². The first-order valence-corrected chi connectivity index (χ1v) is 8.51. The largest absolute Gasteiger partial charge is 0.481 e. The molecular formula is C20H23N3O2. The molecule has 0 saturated carbocycles. The summed E-state index contributed by atoms with van der Waals surface area (Å²) in [6, 6.07) is 21.1. The first-order valence-electron chi connectivity index (χ1n) is 8.51. The molecule has 1 saturated heterocycles. The number of hydrogen-bond donors (Lipinski definition) is 2. The minimum Gasteiger partial charge on any atom is -0.481 e. The van der Waals surface area contributed by atoms with Crippen molar-refractivity contribution in [3.8, 4) is 0 Å². The number of aliphatic imine (C=N–C) groups is 1. The predicted octanol–water partition coefficient (Wildman–Crippen LogP) is 2.68. The van der Waals surface area contributed by atoms with Crippen molar-refractivity contribution in [2.75, 3.05) is 13.1 Å². The van der Waals surface area contributed by atoms with Gasteiger partial charge in [-0.05, 0) is 17.5 Å². The topological polar surface area (TPSA) is 78.9 Å².